The molecule has 1 heterocycles. The van der Waals surface area contributed by atoms with Crippen LogP contribution in [0, 0.1) is 0 Å². The van der Waals surface area contributed by atoms with Crippen LogP contribution in [0.5, 0.6) is 0 Å². The molecule has 1 aromatic carbocycles. The van der Waals surface area contributed by atoms with Crippen molar-refractivity contribution in [1.29, 1.82) is 0 Å². The van der Waals surface area contributed by atoms with Crippen molar-refractivity contribution in [3.63, 3.8) is 0 Å². The minimum absolute atomic E-state index is 0.132. The molecule has 0 atom stereocenters. The summed E-state index contributed by atoms with van der Waals surface area (Å²) in [7, 11) is 0. The van der Waals surface area contributed by atoms with Crippen molar-refractivity contribution in [3.8, 4) is 0 Å². The molecule has 2 aromatic rings. The third kappa shape index (κ3) is 3.00. The van der Waals surface area contributed by atoms with Crippen LogP contribution in [-0.2, 0) is 6.54 Å². The smallest absolute Gasteiger partial charge is 0.265 e. The highest BCUT2D eigenvalue weighted by molar-refractivity contribution is 9.13. The highest BCUT2D eigenvalue weighted by Gasteiger charge is 2.13. The Balaban J connectivity index is 2.21. The van der Waals surface area contributed by atoms with E-state index in [-0.39, 0.29) is 5.91 Å². The Bertz CT molecular complexity index is 564. The summed E-state index contributed by atoms with van der Waals surface area (Å²) in [6.07, 6.45) is 0. The van der Waals surface area contributed by atoms with E-state index in [0.29, 0.717) is 11.4 Å². The minimum atomic E-state index is -0.132. The molecule has 0 radical (unpaired) electrons. The first kappa shape index (κ1) is 13.7. The molecule has 1 aromatic heterocycles. The maximum Gasteiger partial charge on any atom is 0.265 e. The number of hydrogen-bond acceptors (Lipinski definition) is 3. The predicted octanol–water partition coefficient (Wildman–Crippen LogP) is 3.98. The van der Waals surface area contributed by atoms with Crippen LogP contribution >= 0.6 is 43.2 Å². The summed E-state index contributed by atoms with van der Waals surface area (Å²) >= 11 is 8.11. The molecule has 2 rings (SSSR count). The fourth-order valence-electron chi connectivity index (χ4n) is 1.46. The van der Waals surface area contributed by atoms with E-state index in [4.69, 9.17) is 5.73 Å². The number of nitrogens with two attached hydrogens (primary N) is 1. The number of thiophene rings is 1. The number of hydrogen-bond donors (Lipinski definition) is 2. The quantitative estimate of drug-likeness (QED) is 0.833. The number of carbonyl (C=O) groups is 1. The van der Waals surface area contributed by atoms with Crippen LogP contribution in [0.2, 0.25) is 0 Å². The van der Waals surface area contributed by atoms with E-state index in [1.165, 1.54) is 11.3 Å². The van der Waals surface area contributed by atoms with Crippen molar-refractivity contribution in [2.75, 3.05) is 5.32 Å². The van der Waals surface area contributed by atoms with Gasteiger partial charge in [-0.1, -0.05) is 18.2 Å². The summed E-state index contributed by atoms with van der Waals surface area (Å²) in [5.74, 6) is -0.132. The number of nitrogens with one attached hydrogen (secondary N) is 1. The summed E-state index contributed by atoms with van der Waals surface area (Å²) in [5.41, 5.74) is 7.30. The predicted molar refractivity (Wildman–Crippen MR) is 82.0 cm³/mol. The number of carbonyl (C=O) groups excluding carboxylic acids is 1. The van der Waals surface area contributed by atoms with Gasteiger partial charge in [0, 0.05) is 16.7 Å². The largest absolute Gasteiger partial charge is 0.326 e. The van der Waals surface area contributed by atoms with Gasteiger partial charge >= 0.3 is 0 Å². The Morgan fingerprint density at radius 1 is 1.33 bits per heavy atom. The van der Waals surface area contributed by atoms with Crippen molar-refractivity contribution in [3.05, 3.63) is 49.0 Å². The molecule has 1 amide bonds. The first-order valence-electron chi connectivity index (χ1n) is 5.16. The maximum atomic E-state index is 12.1. The third-order valence-electron chi connectivity index (χ3n) is 2.35. The lowest BCUT2D eigenvalue weighted by Crippen LogP contribution is -2.12. The van der Waals surface area contributed by atoms with Crippen LogP contribution in [0.3, 0.4) is 0 Å². The van der Waals surface area contributed by atoms with Gasteiger partial charge in [0.25, 0.3) is 5.91 Å². The Morgan fingerprint density at radius 3 is 2.67 bits per heavy atom. The molecule has 0 fully saturated rings. The Hall–Kier alpha value is -0.690. The van der Waals surface area contributed by atoms with Crippen LogP contribution < -0.4 is 11.1 Å². The lowest BCUT2D eigenvalue weighted by molar-refractivity contribution is 0.103. The number of rotatable bonds is 3. The SMILES string of the molecule is NCc1ccccc1NC(=O)c1cc(Br)c(Br)s1. The average Bonchev–Trinajstić information content (AvgIpc) is 2.70. The molecule has 0 aliphatic carbocycles. The molecule has 0 bridgehead atoms. The van der Waals surface area contributed by atoms with Gasteiger partial charge in [0.2, 0.25) is 0 Å². The first-order valence-corrected chi connectivity index (χ1v) is 7.56. The fraction of sp³-hybridized carbons (Fsp3) is 0.0833. The second-order valence-corrected chi connectivity index (χ2v) is 6.77. The zero-order chi connectivity index (χ0) is 13.1. The number of benzene rings is 1. The highest BCUT2D eigenvalue weighted by Crippen LogP contribution is 2.32. The van der Waals surface area contributed by atoms with E-state index in [2.05, 4.69) is 37.2 Å². The highest BCUT2D eigenvalue weighted by atomic mass is 79.9. The number of amides is 1. The molecule has 0 aliphatic rings. The van der Waals surface area contributed by atoms with Gasteiger partial charge in [0.15, 0.2) is 0 Å². The Morgan fingerprint density at radius 2 is 2.06 bits per heavy atom. The summed E-state index contributed by atoms with van der Waals surface area (Å²) in [6.45, 7) is 0.397. The zero-order valence-corrected chi connectivity index (χ0v) is 13.2. The summed E-state index contributed by atoms with van der Waals surface area (Å²) in [6, 6.07) is 9.30. The molecule has 0 aliphatic heterocycles. The van der Waals surface area contributed by atoms with Crippen molar-refractivity contribution in [1.82, 2.24) is 0 Å². The summed E-state index contributed by atoms with van der Waals surface area (Å²) in [5, 5.41) is 2.87. The van der Waals surface area contributed by atoms with Gasteiger partial charge in [-0.05, 0) is 49.6 Å². The standard InChI is InChI=1S/C12H10Br2N2OS/c13-8-5-10(18-11(8)14)12(17)16-9-4-2-1-3-7(9)6-15/h1-5H,6,15H2,(H,16,17). The number of anilines is 1. The number of para-hydroxylation sites is 1. The molecular formula is C12H10Br2N2OS. The minimum Gasteiger partial charge on any atom is -0.326 e. The first-order chi connectivity index (χ1) is 8.61. The third-order valence-corrected chi connectivity index (χ3v) is 5.61. The average molecular weight is 390 g/mol. The number of halogens is 2. The second kappa shape index (κ2) is 5.97. The van der Waals surface area contributed by atoms with Gasteiger partial charge in [-0.3, -0.25) is 4.79 Å². The molecule has 6 heteroatoms. The fourth-order valence-corrected chi connectivity index (χ4v) is 3.39. The maximum absolute atomic E-state index is 12.1. The summed E-state index contributed by atoms with van der Waals surface area (Å²) in [4.78, 5) is 12.7. The Kier molecular flexibility index (Phi) is 4.55. The van der Waals surface area contributed by atoms with Gasteiger partial charge in [-0.25, -0.2) is 0 Å². The molecule has 0 unspecified atom stereocenters. The molecule has 0 spiro atoms. The van der Waals surface area contributed by atoms with E-state index in [9.17, 15) is 4.79 Å². The van der Waals surface area contributed by atoms with E-state index in [0.717, 1.165) is 19.5 Å². The molecule has 3 nitrogen and oxygen atoms in total. The van der Waals surface area contributed by atoms with E-state index >= 15 is 0 Å². The topological polar surface area (TPSA) is 55.1 Å². The molecular weight excluding hydrogens is 380 g/mol. The van der Waals surface area contributed by atoms with Gasteiger partial charge in [-0.2, -0.15) is 0 Å². The monoisotopic (exact) mass is 388 g/mol. The lowest BCUT2D eigenvalue weighted by atomic mass is 10.2. The van der Waals surface area contributed by atoms with Crippen LogP contribution in [0.1, 0.15) is 15.2 Å². The van der Waals surface area contributed by atoms with Crippen molar-refractivity contribution >= 4 is 54.8 Å². The van der Waals surface area contributed by atoms with Crippen LogP contribution in [0.25, 0.3) is 0 Å². The van der Waals surface area contributed by atoms with Gasteiger partial charge in [-0.15, -0.1) is 11.3 Å². The Labute approximate surface area is 126 Å². The molecule has 0 saturated heterocycles. The van der Waals surface area contributed by atoms with Gasteiger partial charge < -0.3 is 11.1 Å². The second-order valence-electron chi connectivity index (χ2n) is 3.55. The van der Waals surface area contributed by atoms with E-state index < -0.39 is 0 Å². The molecule has 94 valence electrons. The summed E-state index contributed by atoms with van der Waals surface area (Å²) < 4.78 is 1.78. The van der Waals surface area contributed by atoms with Crippen LogP contribution in [0.4, 0.5) is 5.69 Å². The lowest BCUT2D eigenvalue weighted by Gasteiger charge is -2.08. The van der Waals surface area contributed by atoms with Crippen molar-refractivity contribution < 1.29 is 4.79 Å². The molecule has 18 heavy (non-hydrogen) atoms. The van der Waals surface area contributed by atoms with E-state index in [1.54, 1.807) is 6.07 Å². The van der Waals surface area contributed by atoms with Gasteiger partial charge in [0.1, 0.15) is 0 Å². The van der Waals surface area contributed by atoms with Crippen molar-refractivity contribution in [2.24, 2.45) is 5.73 Å². The van der Waals surface area contributed by atoms with Gasteiger partial charge in [0.05, 0.1) is 8.66 Å². The van der Waals surface area contributed by atoms with Crippen molar-refractivity contribution in [2.45, 2.75) is 6.54 Å². The van der Waals surface area contributed by atoms with Crippen LogP contribution in [-0.4, -0.2) is 5.91 Å². The molecule has 3 N–H and O–H groups in total. The van der Waals surface area contributed by atoms with E-state index in [1.807, 2.05) is 24.3 Å². The normalized spacial score (nSPS) is 10.4. The zero-order valence-electron chi connectivity index (χ0n) is 9.24. The van der Waals surface area contributed by atoms with Crippen LogP contribution in [0.15, 0.2) is 38.6 Å². The molecule has 0 saturated carbocycles.